The second kappa shape index (κ2) is 4.70. The highest BCUT2D eigenvalue weighted by Gasteiger charge is 2.29. The number of carbonyl (C=O) groups is 3. The highest BCUT2D eigenvalue weighted by atomic mass is 16.2. The topological polar surface area (TPSA) is 51.2 Å². The highest BCUT2D eigenvalue weighted by Crippen LogP contribution is 2.13. The molecule has 1 atom stereocenters. The number of hydrogen-bond donors (Lipinski definition) is 0. The van der Waals surface area contributed by atoms with Crippen LogP contribution >= 0.6 is 0 Å². The van der Waals surface area contributed by atoms with Gasteiger partial charge in [0.25, 0.3) is 0 Å². The van der Waals surface area contributed by atoms with Gasteiger partial charge in [0.2, 0.25) is 11.6 Å². The quantitative estimate of drug-likeness (QED) is 0.448. The summed E-state index contributed by atoms with van der Waals surface area (Å²) in [5, 5.41) is 0. The molecule has 1 unspecified atom stereocenters. The van der Waals surface area contributed by atoms with Crippen LogP contribution in [0.25, 0.3) is 0 Å². The van der Waals surface area contributed by atoms with Gasteiger partial charge in [-0.1, -0.05) is 48.6 Å². The maximum atomic E-state index is 11.9. The molecule has 0 radical (unpaired) electrons. The lowest BCUT2D eigenvalue weighted by molar-refractivity contribution is -0.125. The molecule has 0 N–H and O–H groups in total. The molecule has 0 fully saturated rings. The molecule has 0 saturated heterocycles. The van der Waals surface area contributed by atoms with E-state index in [0.29, 0.717) is 5.56 Å². The summed E-state index contributed by atoms with van der Waals surface area (Å²) in [6.07, 6.45) is 5.91. The van der Waals surface area contributed by atoms with E-state index in [4.69, 9.17) is 0 Å². The molecule has 1 aliphatic carbocycles. The molecule has 0 aromatic heterocycles. The maximum absolute atomic E-state index is 11.9. The van der Waals surface area contributed by atoms with Gasteiger partial charge in [-0.05, 0) is 6.08 Å². The summed E-state index contributed by atoms with van der Waals surface area (Å²) >= 11 is 0. The van der Waals surface area contributed by atoms with E-state index >= 15 is 0 Å². The van der Waals surface area contributed by atoms with E-state index in [-0.39, 0.29) is 5.78 Å². The Kier molecular flexibility index (Phi) is 3.10. The second-order valence-electron chi connectivity index (χ2n) is 3.68. The van der Waals surface area contributed by atoms with E-state index in [1.54, 1.807) is 42.5 Å². The van der Waals surface area contributed by atoms with Crippen molar-refractivity contribution in [2.45, 2.75) is 0 Å². The van der Waals surface area contributed by atoms with Gasteiger partial charge in [0.05, 0.1) is 0 Å². The molecule has 1 aromatic rings. The molecule has 1 aliphatic rings. The molecule has 2 rings (SSSR count). The van der Waals surface area contributed by atoms with Crippen molar-refractivity contribution in [1.82, 2.24) is 0 Å². The number of ketones is 3. The minimum Gasteiger partial charge on any atom is -0.294 e. The van der Waals surface area contributed by atoms with Crippen LogP contribution in [0, 0.1) is 5.92 Å². The molecular formula is C14H10O3. The maximum Gasteiger partial charge on any atom is 0.229 e. The standard InChI is InChI=1S/C14H10O3/c15-12-9-5-4-8-11(12)14(17)13(16)10-6-2-1-3-7-10/h1-9,11H. The lowest BCUT2D eigenvalue weighted by atomic mass is 9.90. The summed E-state index contributed by atoms with van der Waals surface area (Å²) in [6, 6.07) is 8.24. The molecule has 1 aromatic carbocycles. The van der Waals surface area contributed by atoms with Crippen LogP contribution in [0.5, 0.6) is 0 Å². The van der Waals surface area contributed by atoms with Crippen molar-refractivity contribution in [2.24, 2.45) is 5.92 Å². The monoisotopic (exact) mass is 226 g/mol. The van der Waals surface area contributed by atoms with Gasteiger partial charge in [0, 0.05) is 5.56 Å². The van der Waals surface area contributed by atoms with E-state index in [1.807, 2.05) is 0 Å². The molecule has 3 nitrogen and oxygen atoms in total. The summed E-state index contributed by atoms with van der Waals surface area (Å²) < 4.78 is 0. The third kappa shape index (κ3) is 2.28. The number of Topliss-reactive ketones (excluding diaryl/α,β-unsaturated/α-hetero) is 2. The van der Waals surface area contributed by atoms with E-state index in [9.17, 15) is 14.4 Å². The largest absolute Gasteiger partial charge is 0.294 e. The molecule has 0 bridgehead atoms. The Hall–Kier alpha value is -2.29. The number of rotatable bonds is 3. The summed E-state index contributed by atoms with van der Waals surface area (Å²) in [5.41, 5.74) is 0.313. The van der Waals surface area contributed by atoms with Crippen molar-refractivity contribution in [2.75, 3.05) is 0 Å². The van der Waals surface area contributed by atoms with Crippen LogP contribution in [0.4, 0.5) is 0 Å². The first-order valence-electron chi connectivity index (χ1n) is 5.22. The molecule has 17 heavy (non-hydrogen) atoms. The van der Waals surface area contributed by atoms with Crippen molar-refractivity contribution in [3.05, 3.63) is 60.2 Å². The minimum absolute atomic E-state index is 0.313. The van der Waals surface area contributed by atoms with Crippen LogP contribution in [0.2, 0.25) is 0 Å². The summed E-state index contributed by atoms with van der Waals surface area (Å²) in [7, 11) is 0. The van der Waals surface area contributed by atoms with Crippen LogP contribution in [0.15, 0.2) is 54.6 Å². The van der Waals surface area contributed by atoms with Crippen molar-refractivity contribution >= 4 is 17.3 Å². The third-order valence-electron chi connectivity index (χ3n) is 2.52. The SMILES string of the molecule is O=C(C(=O)C1C=CC=CC1=O)c1ccccc1. The van der Waals surface area contributed by atoms with Gasteiger partial charge >= 0.3 is 0 Å². The fourth-order valence-corrected chi connectivity index (χ4v) is 1.61. The van der Waals surface area contributed by atoms with E-state index < -0.39 is 17.5 Å². The number of hydrogen-bond acceptors (Lipinski definition) is 3. The smallest absolute Gasteiger partial charge is 0.229 e. The summed E-state index contributed by atoms with van der Waals surface area (Å²) in [5.74, 6) is -2.61. The van der Waals surface area contributed by atoms with Crippen LogP contribution < -0.4 is 0 Å². The Morgan fingerprint density at radius 1 is 1.00 bits per heavy atom. The second-order valence-corrected chi connectivity index (χ2v) is 3.68. The zero-order chi connectivity index (χ0) is 12.3. The zero-order valence-corrected chi connectivity index (χ0v) is 9.00. The molecule has 0 aliphatic heterocycles. The molecule has 84 valence electrons. The first-order valence-corrected chi connectivity index (χ1v) is 5.22. The van der Waals surface area contributed by atoms with Gasteiger partial charge in [-0.3, -0.25) is 14.4 Å². The average molecular weight is 226 g/mol. The van der Waals surface area contributed by atoms with Crippen molar-refractivity contribution < 1.29 is 14.4 Å². The Bertz CT molecular complexity index is 524. The van der Waals surface area contributed by atoms with Crippen molar-refractivity contribution in [1.29, 1.82) is 0 Å². The van der Waals surface area contributed by atoms with Crippen molar-refractivity contribution in [3.8, 4) is 0 Å². The summed E-state index contributed by atoms with van der Waals surface area (Å²) in [6.45, 7) is 0. The minimum atomic E-state index is -0.965. The van der Waals surface area contributed by atoms with Gasteiger partial charge in [0.1, 0.15) is 5.92 Å². The predicted molar refractivity (Wildman–Crippen MR) is 62.6 cm³/mol. The molecule has 0 heterocycles. The van der Waals surface area contributed by atoms with Gasteiger partial charge < -0.3 is 0 Å². The first kappa shape index (κ1) is 11.2. The predicted octanol–water partition coefficient (Wildman–Crippen LogP) is 1.75. The zero-order valence-electron chi connectivity index (χ0n) is 9.00. The third-order valence-corrected chi connectivity index (χ3v) is 2.52. The molecule has 0 spiro atoms. The van der Waals surface area contributed by atoms with Crippen molar-refractivity contribution in [3.63, 3.8) is 0 Å². The molecular weight excluding hydrogens is 216 g/mol. The first-order chi connectivity index (χ1) is 8.20. The molecule has 3 heteroatoms. The average Bonchev–Trinajstić information content (AvgIpc) is 2.39. The lowest BCUT2D eigenvalue weighted by Crippen LogP contribution is -2.28. The number of benzene rings is 1. The van der Waals surface area contributed by atoms with E-state index in [0.717, 1.165) is 0 Å². The van der Waals surface area contributed by atoms with Gasteiger partial charge in [-0.25, -0.2) is 0 Å². The fraction of sp³-hybridized carbons (Fsp3) is 0.0714. The van der Waals surface area contributed by atoms with Gasteiger partial charge in [-0.15, -0.1) is 0 Å². The van der Waals surface area contributed by atoms with Gasteiger partial charge in [0.15, 0.2) is 5.78 Å². The van der Waals surface area contributed by atoms with E-state index in [1.165, 1.54) is 12.2 Å². The van der Waals surface area contributed by atoms with Crippen LogP contribution in [0.3, 0.4) is 0 Å². The van der Waals surface area contributed by atoms with Gasteiger partial charge in [-0.2, -0.15) is 0 Å². The van der Waals surface area contributed by atoms with Crippen LogP contribution in [-0.4, -0.2) is 17.3 Å². The Morgan fingerprint density at radius 3 is 2.35 bits per heavy atom. The lowest BCUT2D eigenvalue weighted by Gasteiger charge is -2.09. The molecule has 0 amide bonds. The Morgan fingerprint density at radius 2 is 1.71 bits per heavy atom. The highest BCUT2D eigenvalue weighted by molar-refractivity contribution is 6.48. The van der Waals surface area contributed by atoms with Crippen LogP contribution in [0.1, 0.15) is 10.4 Å². The number of allylic oxidation sites excluding steroid dienone is 4. The Labute approximate surface area is 98.5 Å². The number of carbonyl (C=O) groups excluding carboxylic acids is 3. The normalized spacial score (nSPS) is 18.1. The summed E-state index contributed by atoms with van der Waals surface area (Å²) in [4.78, 5) is 35.1. The van der Waals surface area contributed by atoms with E-state index in [2.05, 4.69) is 0 Å². The van der Waals surface area contributed by atoms with Crippen LogP contribution in [-0.2, 0) is 9.59 Å². The Balaban J connectivity index is 2.22. The molecule has 0 saturated carbocycles. The fourth-order valence-electron chi connectivity index (χ4n) is 1.61.